The van der Waals surface area contributed by atoms with Gasteiger partial charge < -0.3 is 5.32 Å². The Morgan fingerprint density at radius 1 is 1.47 bits per heavy atom. The fraction of sp³-hybridized carbons (Fsp3) is 0.545. The van der Waals surface area contributed by atoms with Gasteiger partial charge in [0.25, 0.3) is 0 Å². The Balaban J connectivity index is 1.63. The first-order valence-electron chi connectivity index (χ1n) is 5.89. The Morgan fingerprint density at radius 2 is 2.35 bits per heavy atom. The minimum absolute atomic E-state index is 0.763. The van der Waals surface area contributed by atoms with Crippen LogP contribution in [0, 0.1) is 6.92 Å². The maximum atomic E-state index is 4.22. The Morgan fingerprint density at radius 3 is 3.06 bits per heavy atom. The summed E-state index contributed by atoms with van der Waals surface area (Å²) in [5, 5.41) is 20.9. The van der Waals surface area contributed by atoms with E-state index in [0.29, 0.717) is 0 Å². The Kier molecular flexibility index (Phi) is 2.90. The van der Waals surface area contributed by atoms with Crippen molar-refractivity contribution in [2.75, 3.05) is 6.54 Å². The van der Waals surface area contributed by atoms with Gasteiger partial charge in [-0.25, -0.2) is 0 Å². The highest BCUT2D eigenvalue weighted by molar-refractivity contribution is 7.14. The maximum absolute atomic E-state index is 4.22. The summed E-state index contributed by atoms with van der Waals surface area (Å²) < 4.78 is 0. The molecule has 0 radical (unpaired) electrons. The van der Waals surface area contributed by atoms with E-state index in [9.17, 15) is 0 Å². The molecule has 5 nitrogen and oxygen atoms in total. The van der Waals surface area contributed by atoms with Crippen molar-refractivity contribution in [3.63, 3.8) is 0 Å². The van der Waals surface area contributed by atoms with Crippen LogP contribution in [-0.2, 0) is 6.42 Å². The molecule has 1 aliphatic rings. The van der Waals surface area contributed by atoms with Crippen molar-refractivity contribution in [1.82, 2.24) is 25.7 Å². The topological polar surface area (TPSA) is 66.5 Å². The van der Waals surface area contributed by atoms with E-state index in [1.54, 1.807) is 11.3 Å². The van der Waals surface area contributed by atoms with Crippen LogP contribution in [0.5, 0.6) is 0 Å². The number of hydrogen-bond donors (Lipinski definition) is 2. The van der Waals surface area contributed by atoms with Gasteiger partial charge in [0.2, 0.25) is 0 Å². The number of aromatic amines is 1. The van der Waals surface area contributed by atoms with Crippen LogP contribution in [0.2, 0.25) is 0 Å². The predicted molar refractivity (Wildman–Crippen MR) is 67.0 cm³/mol. The third-order valence-electron chi connectivity index (χ3n) is 2.88. The summed E-state index contributed by atoms with van der Waals surface area (Å²) >= 11 is 1.65. The molecule has 0 saturated heterocycles. The van der Waals surface area contributed by atoms with Crippen LogP contribution in [0.3, 0.4) is 0 Å². The molecule has 0 spiro atoms. The number of nitrogens with one attached hydrogen (secondary N) is 2. The number of nitrogens with zero attached hydrogens (tertiary/aromatic N) is 3. The van der Waals surface area contributed by atoms with E-state index in [-0.39, 0.29) is 0 Å². The predicted octanol–water partition coefficient (Wildman–Crippen LogP) is 1.53. The second-order valence-corrected chi connectivity index (χ2v) is 5.45. The third kappa shape index (κ3) is 2.53. The maximum Gasteiger partial charge on any atom is 0.151 e. The number of aromatic nitrogens is 4. The lowest BCUT2D eigenvalue weighted by Gasteiger charge is -1.97. The van der Waals surface area contributed by atoms with Gasteiger partial charge in [-0.3, -0.25) is 5.10 Å². The average molecular weight is 249 g/mol. The number of rotatable bonds is 5. The number of hydrogen-bond acceptors (Lipinski definition) is 5. The Labute approximate surface area is 104 Å². The van der Waals surface area contributed by atoms with Crippen LogP contribution in [0.1, 0.15) is 23.5 Å². The van der Waals surface area contributed by atoms with Crippen LogP contribution < -0.4 is 5.32 Å². The van der Waals surface area contributed by atoms with E-state index in [1.807, 2.05) is 13.1 Å². The monoisotopic (exact) mass is 249 g/mol. The lowest BCUT2D eigenvalue weighted by molar-refractivity contribution is 0.677. The second-order valence-electron chi connectivity index (χ2n) is 4.39. The molecular formula is C11H15N5S. The highest BCUT2D eigenvalue weighted by atomic mass is 32.1. The van der Waals surface area contributed by atoms with Gasteiger partial charge in [-0.15, -0.1) is 10.2 Å². The smallest absolute Gasteiger partial charge is 0.151 e. The zero-order valence-corrected chi connectivity index (χ0v) is 10.5. The van der Waals surface area contributed by atoms with Crippen LogP contribution in [-0.4, -0.2) is 33.0 Å². The van der Waals surface area contributed by atoms with Gasteiger partial charge in [-0.1, -0.05) is 11.3 Å². The number of aryl methyl sites for hydroxylation is 1. The first-order valence-corrected chi connectivity index (χ1v) is 6.70. The molecule has 2 heterocycles. The normalized spacial score (nSPS) is 15.4. The summed E-state index contributed by atoms with van der Waals surface area (Å²) in [6, 6.07) is 0.763. The SMILES string of the molecule is Cc1[nH]ncc1-c1nnc(CCNC2CC2)s1. The van der Waals surface area contributed by atoms with E-state index in [1.165, 1.54) is 12.8 Å². The summed E-state index contributed by atoms with van der Waals surface area (Å²) in [6.45, 7) is 3.00. The largest absolute Gasteiger partial charge is 0.314 e. The van der Waals surface area contributed by atoms with Crippen LogP contribution >= 0.6 is 11.3 Å². The summed E-state index contributed by atoms with van der Waals surface area (Å²) in [5.41, 5.74) is 2.10. The standard InChI is InChI=1S/C11H15N5S/c1-7-9(6-13-14-7)11-16-15-10(17-11)4-5-12-8-2-3-8/h6,8,12H,2-5H2,1H3,(H,13,14). The molecule has 1 aliphatic carbocycles. The van der Waals surface area contributed by atoms with Crippen molar-refractivity contribution in [2.24, 2.45) is 0 Å². The first-order chi connectivity index (χ1) is 8.33. The van der Waals surface area contributed by atoms with Crippen LogP contribution in [0.15, 0.2) is 6.20 Å². The summed E-state index contributed by atoms with van der Waals surface area (Å²) in [4.78, 5) is 0. The van der Waals surface area contributed by atoms with Gasteiger partial charge in [0, 0.05) is 24.7 Å². The molecule has 90 valence electrons. The molecule has 0 unspecified atom stereocenters. The Hall–Kier alpha value is -1.27. The molecule has 0 amide bonds. The minimum Gasteiger partial charge on any atom is -0.314 e. The van der Waals surface area contributed by atoms with Gasteiger partial charge in [-0.2, -0.15) is 5.10 Å². The molecule has 2 N–H and O–H groups in total. The van der Waals surface area contributed by atoms with Crippen molar-refractivity contribution in [1.29, 1.82) is 0 Å². The molecule has 17 heavy (non-hydrogen) atoms. The lowest BCUT2D eigenvalue weighted by atomic mass is 10.3. The second kappa shape index (κ2) is 4.54. The molecule has 0 bridgehead atoms. The van der Waals surface area contributed by atoms with Crippen molar-refractivity contribution >= 4 is 11.3 Å². The van der Waals surface area contributed by atoms with Gasteiger partial charge in [0.1, 0.15) is 5.01 Å². The van der Waals surface area contributed by atoms with Crippen LogP contribution in [0.4, 0.5) is 0 Å². The fourth-order valence-corrected chi connectivity index (χ4v) is 2.61. The lowest BCUT2D eigenvalue weighted by Crippen LogP contribution is -2.19. The van der Waals surface area contributed by atoms with Gasteiger partial charge in [0.15, 0.2) is 5.01 Å². The van der Waals surface area contributed by atoms with Crippen molar-refractivity contribution < 1.29 is 0 Å². The van der Waals surface area contributed by atoms with Gasteiger partial charge in [0.05, 0.1) is 11.8 Å². The molecule has 1 saturated carbocycles. The Bertz CT molecular complexity index is 499. The summed E-state index contributed by atoms with van der Waals surface area (Å²) in [7, 11) is 0. The van der Waals surface area contributed by atoms with E-state index in [2.05, 4.69) is 25.7 Å². The highest BCUT2D eigenvalue weighted by Gasteiger charge is 2.20. The van der Waals surface area contributed by atoms with E-state index in [4.69, 9.17) is 0 Å². The first kappa shape index (κ1) is 10.9. The molecule has 6 heteroatoms. The van der Waals surface area contributed by atoms with Gasteiger partial charge in [-0.05, 0) is 19.8 Å². The summed E-state index contributed by atoms with van der Waals surface area (Å²) in [6.07, 6.45) is 5.43. The zero-order chi connectivity index (χ0) is 11.7. The van der Waals surface area contributed by atoms with Crippen molar-refractivity contribution in [3.05, 3.63) is 16.9 Å². The molecule has 0 atom stereocenters. The average Bonchev–Trinajstić information content (AvgIpc) is 2.85. The van der Waals surface area contributed by atoms with E-state index >= 15 is 0 Å². The highest BCUT2D eigenvalue weighted by Crippen LogP contribution is 2.25. The zero-order valence-electron chi connectivity index (χ0n) is 9.73. The van der Waals surface area contributed by atoms with Gasteiger partial charge >= 0.3 is 0 Å². The molecule has 1 fully saturated rings. The van der Waals surface area contributed by atoms with Crippen LogP contribution in [0.25, 0.3) is 10.6 Å². The number of H-pyrrole nitrogens is 1. The molecule has 0 aromatic carbocycles. The minimum atomic E-state index is 0.763. The molecule has 2 aromatic heterocycles. The molecule has 0 aliphatic heterocycles. The molecule has 3 rings (SSSR count). The van der Waals surface area contributed by atoms with E-state index in [0.717, 1.165) is 40.3 Å². The van der Waals surface area contributed by atoms with Crippen molar-refractivity contribution in [3.8, 4) is 10.6 Å². The molecule has 2 aromatic rings. The summed E-state index contributed by atoms with van der Waals surface area (Å²) in [5.74, 6) is 0. The fourth-order valence-electron chi connectivity index (χ4n) is 1.70. The third-order valence-corrected chi connectivity index (χ3v) is 3.89. The quantitative estimate of drug-likeness (QED) is 0.843. The van der Waals surface area contributed by atoms with E-state index < -0.39 is 0 Å². The van der Waals surface area contributed by atoms with Crippen molar-refractivity contribution in [2.45, 2.75) is 32.2 Å². The molecular weight excluding hydrogens is 234 g/mol.